The average molecular weight is 455 g/mol. The van der Waals surface area contributed by atoms with Crippen LogP contribution in [0.25, 0.3) is 16.6 Å². The molecule has 0 bridgehead atoms. The minimum absolute atomic E-state index is 0.272. The van der Waals surface area contributed by atoms with E-state index in [0.717, 1.165) is 52.1 Å². The van der Waals surface area contributed by atoms with E-state index < -0.39 is 5.60 Å². The van der Waals surface area contributed by atoms with Crippen LogP contribution in [0.5, 0.6) is 0 Å². The molecule has 3 aromatic heterocycles. The summed E-state index contributed by atoms with van der Waals surface area (Å²) in [5, 5.41) is 38.3. The Morgan fingerprint density at radius 2 is 1.76 bits per heavy atom. The summed E-state index contributed by atoms with van der Waals surface area (Å²) < 4.78 is 3.72. The van der Waals surface area contributed by atoms with Crippen molar-refractivity contribution >= 4 is 17.3 Å². The van der Waals surface area contributed by atoms with Gasteiger partial charge in [-0.15, -0.1) is 0 Å². The lowest BCUT2D eigenvalue weighted by Crippen LogP contribution is -2.31. The van der Waals surface area contributed by atoms with E-state index in [-0.39, 0.29) is 6.04 Å². The number of fused-ring (bicyclic) bond motifs is 1. The molecule has 1 fully saturated rings. The van der Waals surface area contributed by atoms with Crippen molar-refractivity contribution in [1.82, 2.24) is 19.4 Å². The number of nitrogens with zero attached hydrogens (tertiary/aromatic N) is 6. The summed E-state index contributed by atoms with van der Waals surface area (Å²) in [7, 11) is 0. The van der Waals surface area contributed by atoms with Crippen LogP contribution in [0, 0.1) is 22.7 Å². The van der Waals surface area contributed by atoms with E-state index in [4.69, 9.17) is 0 Å². The molecule has 1 N–H and O–H groups in total. The Bertz CT molecular complexity index is 1410. The Balaban J connectivity index is 1.53. The smallest absolute Gasteiger partial charge is 0.103 e. The van der Waals surface area contributed by atoms with Crippen molar-refractivity contribution in [3.8, 4) is 23.3 Å². The van der Waals surface area contributed by atoms with Gasteiger partial charge in [-0.25, -0.2) is 4.52 Å². The Morgan fingerprint density at radius 1 is 1.00 bits per heavy atom. The Hall–Kier alpha value is -3.59. The first kappa shape index (κ1) is 21.3. The molecule has 3 heterocycles. The summed E-state index contributed by atoms with van der Waals surface area (Å²) in [5.74, 6) is 0. The third kappa shape index (κ3) is 4.11. The van der Waals surface area contributed by atoms with Gasteiger partial charge in [0.25, 0.3) is 0 Å². The molecule has 33 heavy (non-hydrogen) atoms. The van der Waals surface area contributed by atoms with E-state index in [1.165, 1.54) is 11.8 Å². The lowest BCUT2D eigenvalue weighted by molar-refractivity contribution is 0.00852. The van der Waals surface area contributed by atoms with Crippen LogP contribution >= 0.6 is 11.8 Å². The van der Waals surface area contributed by atoms with E-state index in [0.29, 0.717) is 11.1 Å². The molecule has 1 aromatic carbocycles. The third-order valence-electron chi connectivity index (χ3n) is 6.27. The maximum absolute atomic E-state index is 10.2. The molecule has 0 saturated heterocycles. The molecule has 0 aliphatic heterocycles. The minimum atomic E-state index is -0.581. The molecule has 4 aromatic rings. The van der Waals surface area contributed by atoms with Gasteiger partial charge in [0.05, 0.1) is 40.7 Å². The fraction of sp³-hybridized carbons (Fsp3) is 0.280. The third-order valence-corrected chi connectivity index (χ3v) is 7.37. The lowest BCUT2D eigenvalue weighted by Gasteiger charge is -2.33. The van der Waals surface area contributed by atoms with Gasteiger partial charge in [-0.2, -0.15) is 20.7 Å². The molecule has 0 atom stereocenters. The van der Waals surface area contributed by atoms with Crippen LogP contribution in [-0.4, -0.2) is 30.1 Å². The summed E-state index contributed by atoms with van der Waals surface area (Å²) in [4.78, 5) is 1.68. The summed E-state index contributed by atoms with van der Waals surface area (Å²) >= 11 is 1.46. The highest BCUT2D eigenvalue weighted by molar-refractivity contribution is 7.99. The van der Waals surface area contributed by atoms with Gasteiger partial charge in [0, 0.05) is 33.3 Å². The van der Waals surface area contributed by atoms with Gasteiger partial charge in [-0.05, 0) is 50.8 Å². The van der Waals surface area contributed by atoms with E-state index in [1.807, 2.05) is 54.5 Å². The van der Waals surface area contributed by atoms with Gasteiger partial charge in [0.1, 0.15) is 12.1 Å². The van der Waals surface area contributed by atoms with Crippen LogP contribution in [0.3, 0.4) is 0 Å². The topological polar surface area (TPSA) is 103 Å². The first-order valence-corrected chi connectivity index (χ1v) is 11.6. The number of hydrogen-bond acceptors (Lipinski definition) is 6. The zero-order chi connectivity index (χ0) is 23.0. The molecule has 1 aliphatic rings. The standard InChI is InChI=1S/C25H22N6OS/c1-25(32)8-6-21(7-9-25)30-16-20(14-28-30)18-10-23(24-19(12-27)13-29-31(24)15-18)33-22-5-3-2-4-17(22)11-26/h2-5,10,13-16,21,32H,6-9H2,1H3/t21-,25+. The maximum Gasteiger partial charge on any atom is 0.103 e. The van der Waals surface area contributed by atoms with Crippen molar-refractivity contribution in [3.63, 3.8) is 0 Å². The highest BCUT2D eigenvalue weighted by Crippen LogP contribution is 2.38. The van der Waals surface area contributed by atoms with Crippen LogP contribution in [0.2, 0.25) is 0 Å². The highest BCUT2D eigenvalue weighted by atomic mass is 32.2. The number of nitriles is 2. The number of benzene rings is 1. The van der Waals surface area contributed by atoms with Crippen molar-refractivity contribution < 1.29 is 5.11 Å². The lowest BCUT2D eigenvalue weighted by atomic mass is 9.84. The number of aromatic nitrogens is 4. The molecular weight excluding hydrogens is 432 g/mol. The average Bonchev–Trinajstić information content (AvgIpc) is 3.47. The predicted molar refractivity (Wildman–Crippen MR) is 125 cm³/mol. The molecule has 0 radical (unpaired) electrons. The van der Waals surface area contributed by atoms with Crippen LogP contribution in [0.4, 0.5) is 0 Å². The fourth-order valence-electron chi connectivity index (χ4n) is 4.34. The number of pyridine rings is 1. The first-order valence-electron chi connectivity index (χ1n) is 10.8. The second-order valence-electron chi connectivity index (χ2n) is 8.70. The van der Waals surface area contributed by atoms with Gasteiger partial charge in [-0.1, -0.05) is 23.9 Å². The molecule has 5 rings (SSSR count). The maximum atomic E-state index is 10.2. The molecule has 0 spiro atoms. The van der Waals surface area contributed by atoms with Crippen LogP contribution in [0.1, 0.15) is 49.8 Å². The molecule has 0 unspecified atom stereocenters. The number of rotatable bonds is 4. The van der Waals surface area contributed by atoms with E-state index in [2.05, 4.69) is 22.3 Å². The zero-order valence-electron chi connectivity index (χ0n) is 18.1. The highest BCUT2D eigenvalue weighted by Gasteiger charge is 2.29. The Labute approximate surface area is 195 Å². The molecule has 1 saturated carbocycles. The molecule has 164 valence electrons. The molecule has 7 nitrogen and oxygen atoms in total. The second-order valence-corrected chi connectivity index (χ2v) is 9.79. The van der Waals surface area contributed by atoms with Crippen molar-refractivity contribution in [2.24, 2.45) is 0 Å². The monoisotopic (exact) mass is 454 g/mol. The Morgan fingerprint density at radius 3 is 2.52 bits per heavy atom. The van der Waals surface area contributed by atoms with Gasteiger partial charge in [0.15, 0.2) is 0 Å². The number of aliphatic hydroxyl groups is 1. The van der Waals surface area contributed by atoms with Crippen molar-refractivity contribution in [3.05, 3.63) is 66.2 Å². The molecule has 1 aliphatic carbocycles. The summed E-state index contributed by atoms with van der Waals surface area (Å²) in [6.07, 6.45) is 10.7. The van der Waals surface area contributed by atoms with Crippen molar-refractivity contribution in [2.45, 2.75) is 54.0 Å². The van der Waals surface area contributed by atoms with Crippen LogP contribution in [0.15, 0.2) is 64.9 Å². The largest absolute Gasteiger partial charge is 0.390 e. The van der Waals surface area contributed by atoms with E-state index in [9.17, 15) is 15.6 Å². The van der Waals surface area contributed by atoms with Gasteiger partial charge in [0.2, 0.25) is 0 Å². The van der Waals surface area contributed by atoms with E-state index in [1.54, 1.807) is 16.8 Å². The minimum Gasteiger partial charge on any atom is -0.390 e. The summed E-state index contributed by atoms with van der Waals surface area (Å²) in [6, 6.07) is 14.2. The van der Waals surface area contributed by atoms with Gasteiger partial charge < -0.3 is 5.11 Å². The molecule has 8 heteroatoms. The summed E-state index contributed by atoms with van der Waals surface area (Å²) in [6.45, 7) is 1.90. The van der Waals surface area contributed by atoms with Crippen molar-refractivity contribution in [2.75, 3.05) is 0 Å². The SMILES string of the molecule is C[C@]1(O)CC[C@@H](n2cc(-c3cc(Sc4ccccc4C#N)c4c(C#N)cnn4c3)cn2)CC1. The molecule has 0 amide bonds. The van der Waals surface area contributed by atoms with Crippen LogP contribution in [-0.2, 0) is 0 Å². The van der Waals surface area contributed by atoms with E-state index >= 15 is 0 Å². The normalized spacial score (nSPS) is 20.4. The van der Waals surface area contributed by atoms with Gasteiger partial charge >= 0.3 is 0 Å². The van der Waals surface area contributed by atoms with Crippen LogP contribution < -0.4 is 0 Å². The summed E-state index contributed by atoms with van der Waals surface area (Å²) in [5.41, 5.74) is 3.11. The number of hydrogen-bond donors (Lipinski definition) is 1. The van der Waals surface area contributed by atoms with Crippen molar-refractivity contribution in [1.29, 1.82) is 10.5 Å². The zero-order valence-corrected chi connectivity index (χ0v) is 19.0. The fourth-order valence-corrected chi connectivity index (χ4v) is 5.44. The Kier molecular flexibility index (Phi) is 5.41. The molecular formula is C25H22N6OS. The predicted octanol–water partition coefficient (Wildman–Crippen LogP) is 4.96. The second kappa shape index (κ2) is 8.40. The van der Waals surface area contributed by atoms with Gasteiger partial charge in [-0.3, -0.25) is 4.68 Å². The quantitative estimate of drug-likeness (QED) is 0.468. The first-order chi connectivity index (χ1) is 16.0.